The van der Waals surface area contributed by atoms with Crippen LogP contribution in [0.2, 0.25) is 0 Å². The Morgan fingerprint density at radius 3 is 2.40 bits per heavy atom. The molecule has 7 heteroatoms. The van der Waals surface area contributed by atoms with Crippen molar-refractivity contribution in [3.63, 3.8) is 0 Å². The summed E-state index contributed by atoms with van der Waals surface area (Å²) in [6.45, 7) is 11.5. The number of anilines is 1. The van der Waals surface area contributed by atoms with E-state index in [1.165, 1.54) is 11.3 Å². The molecule has 4 rings (SSSR count). The highest BCUT2D eigenvalue weighted by atomic mass is 16.2. The number of aromatic nitrogens is 1. The van der Waals surface area contributed by atoms with Crippen molar-refractivity contribution in [2.45, 2.75) is 71.6 Å². The molecule has 212 valence electrons. The first kappa shape index (κ1) is 29.3. The molecule has 3 aromatic rings. The Kier molecular flexibility index (Phi) is 10.3. The van der Waals surface area contributed by atoms with E-state index in [1.807, 2.05) is 39.2 Å². The Bertz CT molecular complexity index is 1240. The molecule has 0 aliphatic carbocycles. The van der Waals surface area contributed by atoms with Gasteiger partial charge in [-0.2, -0.15) is 0 Å². The highest BCUT2D eigenvalue weighted by Gasteiger charge is 2.27. The molecule has 0 radical (unpaired) electrons. The minimum atomic E-state index is -0.119. The Morgan fingerprint density at radius 2 is 1.75 bits per heavy atom. The zero-order chi connectivity index (χ0) is 28.5. The first-order valence-electron chi connectivity index (χ1n) is 14.5. The number of likely N-dealkylation sites (tertiary alicyclic amines) is 1. The average Bonchev–Trinajstić information content (AvgIpc) is 2.96. The highest BCUT2D eigenvalue weighted by Crippen LogP contribution is 2.26. The van der Waals surface area contributed by atoms with Crippen LogP contribution in [0.15, 0.2) is 73.1 Å². The molecule has 1 aliphatic heterocycles. The van der Waals surface area contributed by atoms with Gasteiger partial charge in [0.25, 0.3) is 11.8 Å². The van der Waals surface area contributed by atoms with Crippen LogP contribution in [0.3, 0.4) is 0 Å². The third kappa shape index (κ3) is 7.92. The summed E-state index contributed by atoms with van der Waals surface area (Å²) < 4.78 is 0. The molecule has 0 saturated carbocycles. The Labute approximate surface area is 239 Å². The second kappa shape index (κ2) is 14.1. The third-order valence-corrected chi connectivity index (χ3v) is 7.73. The quantitative estimate of drug-likeness (QED) is 0.349. The molecule has 1 saturated heterocycles. The lowest BCUT2D eigenvalue weighted by atomic mass is 9.99. The van der Waals surface area contributed by atoms with E-state index in [0.717, 1.165) is 44.5 Å². The number of para-hydroxylation sites is 1. The van der Waals surface area contributed by atoms with Gasteiger partial charge in [0, 0.05) is 73.5 Å². The molecule has 40 heavy (non-hydrogen) atoms. The summed E-state index contributed by atoms with van der Waals surface area (Å²) in [6.07, 6.45) is 6.87. The number of hydrogen-bond donors (Lipinski definition) is 2. The largest absolute Gasteiger partial charge is 0.364 e. The first-order chi connectivity index (χ1) is 19.3. The molecule has 0 spiro atoms. The van der Waals surface area contributed by atoms with E-state index in [-0.39, 0.29) is 17.9 Å². The molecule has 0 bridgehead atoms. The summed E-state index contributed by atoms with van der Waals surface area (Å²) in [5.41, 5.74) is 4.47. The Balaban J connectivity index is 1.26. The summed E-state index contributed by atoms with van der Waals surface area (Å²) in [5, 5.41) is 5.98. The van der Waals surface area contributed by atoms with Gasteiger partial charge in [0.05, 0.1) is 0 Å². The van der Waals surface area contributed by atoms with Gasteiger partial charge in [-0.1, -0.05) is 24.3 Å². The predicted octanol–water partition coefficient (Wildman–Crippen LogP) is 5.21. The van der Waals surface area contributed by atoms with Crippen LogP contribution in [0.4, 0.5) is 5.69 Å². The van der Waals surface area contributed by atoms with Crippen LogP contribution in [-0.2, 0) is 6.54 Å². The van der Waals surface area contributed by atoms with Gasteiger partial charge in [-0.05, 0) is 94.5 Å². The van der Waals surface area contributed by atoms with Crippen LogP contribution in [0.1, 0.15) is 71.9 Å². The van der Waals surface area contributed by atoms with Crippen molar-refractivity contribution in [3.05, 3.63) is 95.3 Å². The number of carbonyl (C=O) groups is 2. The maximum atomic E-state index is 12.8. The van der Waals surface area contributed by atoms with E-state index < -0.39 is 0 Å². The van der Waals surface area contributed by atoms with Gasteiger partial charge in [0.15, 0.2) is 0 Å². The van der Waals surface area contributed by atoms with Gasteiger partial charge in [0.1, 0.15) is 0 Å². The van der Waals surface area contributed by atoms with Crippen LogP contribution in [0, 0.1) is 6.92 Å². The molecule has 2 N–H and O–H groups in total. The average molecular weight is 542 g/mol. The van der Waals surface area contributed by atoms with Crippen molar-refractivity contribution in [1.82, 2.24) is 20.5 Å². The number of nitrogens with one attached hydrogen (secondary N) is 2. The van der Waals surface area contributed by atoms with E-state index in [2.05, 4.69) is 68.7 Å². The Hall–Kier alpha value is -3.71. The molecule has 2 amide bonds. The molecular weight excluding hydrogens is 498 g/mol. The number of aryl methyl sites for hydroxylation is 1. The van der Waals surface area contributed by atoms with E-state index in [1.54, 1.807) is 18.2 Å². The SMILES string of the molecule is Cc1cc(C(=O)NC(C)C)ccc1C(=O)NCCC(C)N1CCC(N(Cc2cccnc2)c2ccccc2)CC1. The first-order valence-corrected chi connectivity index (χ1v) is 14.5. The normalized spacial score (nSPS) is 15.0. The van der Waals surface area contributed by atoms with Crippen molar-refractivity contribution in [1.29, 1.82) is 0 Å². The Morgan fingerprint density at radius 1 is 1.00 bits per heavy atom. The fourth-order valence-electron chi connectivity index (χ4n) is 5.45. The fourth-order valence-corrected chi connectivity index (χ4v) is 5.45. The summed E-state index contributed by atoms with van der Waals surface area (Å²) >= 11 is 0. The van der Waals surface area contributed by atoms with E-state index in [9.17, 15) is 9.59 Å². The van der Waals surface area contributed by atoms with Crippen molar-refractivity contribution >= 4 is 17.5 Å². The highest BCUT2D eigenvalue weighted by molar-refractivity contribution is 5.99. The van der Waals surface area contributed by atoms with Gasteiger partial charge in [-0.15, -0.1) is 0 Å². The maximum Gasteiger partial charge on any atom is 0.251 e. The van der Waals surface area contributed by atoms with E-state index in [0.29, 0.717) is 29.8 Å². The smallest absolute Gasteiger partial charge is 0.251 e. The maximum absolute atomic E-state index is 12.8. The summed E-state index contributed by atoms with van der Waals surface area (Å²) in [4.78, 5) is 34.5. The number of benzene rings is 2. The van der Waals surface area contributed by atoms with E-state index in [4.69, 9.17) is 0 Å². The number of hydrogen-bond acceptors (Lipinski definition) is 5. The summed E-state index contributed by atoms with van der Waals surface area (Å²) in [7, 11) is 0. The molecule has 7 nitrogen and oxygen atoms in total. The molecule has 2 heterocycles. The lowest BCUT2D eigenvalue weighted by Gasteiger charge is -2.42. The summed E-state index contributed by atoms with van der Waals surface area (Å²) in [5.74, 6) is -0.209. The van der Waals surface area contributed by atoms with Crippen LogP contribution < -0.4 is 15.5 Å². The van der Waals surface area contributed by atoms with Crippen molar-refractivity contribution in [3.8, 4) is 0 Å². The van der Waals surface area contributed by atoms with Gasteiger partial charge < -0.3 is 20.4 Å². The topological polar surface area (TPSA) is 77.6 Å². The second-order valence-electron chi connectivity index (χ2n) is 11.1. The van der Waals surface area contributed by atoms with Crippen LogP contribution >= 0.6 is 0 Å². The van der Waals surface area contributed by atoms with Gasteiger partial charge >= 0.3 is 0 Å². The van der Waals surface area contributed by atoms with Gasteiger partial charge in [0.2, 0.25) is 0 Å². The van der Waals surface area contributed by atoms with E-state index >= 15 is 0 Å². The number of rotatable bonds is 11. The number of amides is 2. The monoisotopic (exact) mass is 541 g/mol. The zero-order valence-electron chi connectivity index (χ0n) is 24.3. The molecule has 1 fully saturated rings. The van der Waals surface area contributed by atoms with Gasteiger partial charge in [-0.3, -0.25) is 14.6 Å². The molecule has 1 aromatic heterocycles. The lowest BCUT2D eigenvalue weighted by molar-refractivity contribution is 0.0931. The summed E-state index contributed by atoms with van der Waals surface area (Å²) in [6, 6.07) is 21.0. The van der Waals surface area contributed by atoms with Crippen molar-refractivity contribution < 1.29 is 9.59 Å². The predicted molar refractivity (Wildman–Crippen MR) is 162 cm³/mol. The molecular formula is C33H43N5O2. The van der Waals surface area contributed by atoms with Crippen molar-refractivity contribution in [2.75, 3.05) is 24.5 Å². The number of pyridine rings is 1. The molecule has 1 atom stereocenters. The minimum absolute atomic E-state index is 0.0678. The lowest BCUT2D eigenvalue weighted by Crippen LogP contribution is -2.48. The van der Waals surface area contributed by atoms with Crippen molar-refractivity contribution in [2.24, 2.45) is 0 Å². The number of nitrogens with zero attached hydrogens (tertiary/aromatic N) is 3. The number of piperidine rings is 1. The third-order valence-electron chi connectivity index (χ3n) is 7.73. The standard InChI is InChI=1S/C33H43N5O2/c1-24(2)36-32(39)28-12-13-31(25(3)21-28)33(40)35-18-14-26(4)37-19-15-30(16-20-37)38(29-10-6-5-7-11-29)23-27-9-8-17-34-22-27/h5-13,17,21-22,24,26,30H,14-16,18-20,23H2,1-4H3,(H,35,40)(H,36,39). The van der Waals surface area contributed by atoms with Gasteiger partial charge in [-0.25, -0.2) is 0 Å². The molecule has 2 aromatic carbocycles. The van der Waals surface area contributed by atoms with Crippen LogP contribution in [-0.4, -0.2) is 59.5 Å². The second-order valence-corrected chi connectivity index (χ2v) is 11.1. The zero-order valence-corrected chi connectivity index (χ0v) is 24.3. The molecule has 1 unspecified atom stereocenters. The number of carbonyl (C=O) groups excluding carboxylic acids is 2. The molecule has 1 aliphatic rings. The fraction of sp³-hybridized carbons (Fsp3) is 0.424. The minimum Gasteiger partial charge on any atom is -0.364 e. The van der Waals surface area contributed by atoms with Crippen LogP contribution in [0.5, 0.6) is 0 Å². The van der Waals surface area contributed by atoms with Crippen LogP contribution in [0.25, 0.3) is 0 Å².